The van der Waals surface area contributed by atoms with E-state index in [4.69, 9.17) is 9.47 Å². The van der Waals surface area contributed by atoms with Gasteiger partial charge in [-0.25, -0.2) is 9.78 Å². The summed E-state index contributed by atoms with van der Waals surface area (Å²) in [6.07, 6.45) is 4.33. The van der Waals surface area contributed by atoms with Gasteiger partial charge >= 0.3 is 5.69 Å². The van der Waals surface area contributed by atoms with Gasteiger partial charge in [0.25, 0.3) is 5.56 Å². The van der Waals surface area contributed by atoms with Gasteiger partial charge in [0, 0.05) is 51.4 Å². The molecular formula is C27H35N5O5. The molecule has 1 aliphatic heterocycles. The number of carbonyl (C=O) groups excluding carboxylic acids is 1. The summed E-state index contributed by atoms with van der Waals surface area (Å²) in [5.41, 5.74) is -0.387. The minimum absolute atomic E-state index is 0.148. The van der Waals surface area contributed by atoms with E-state index in [0.29, 0.717) is 68.0 Å². The van der Waals surface area contributed by atoms with E-state index < -0.39 is 5.69 Å². The van der Waals surface area contributed by atoms with Gasteiger partial charge in [-0.15, -0.1) is 0 Å². The van der Waals surface area contributed by atoms with E-state index >= 15 is 0 Å². The molecule has 0 bridgehead atoms. The number of aromatic nitrogens is 3. The zero-order chi connectivity index (χ0) is 26.2. The van der Waals surface area contributed by atoms with Crippen molar-refractivity contribution in [1.82, 2.24) is 19.4 Å². The van der Waals surface area contributed by atoms with Crippen LogP contribution in [0.3, 0.4) is 0 Å². The molecule has 0 aliphatic carbocycles. The largest absolute Gasteiger partial charge is 0.490 e. The minimum atomic E-state index is -0.453. The zero-order valence-electron chi connectivity index (χ0n) is 21.6. The van der Waals surface area contributed by atoms with Gasteiger partial charge in [-0.1, -0.05) is 12.5 Å². The Morgan fingerprint density at radius 3 is 2.38 bits per heavy atom. The molecule has 0 atom stereocenters. The maximum absolute atomic E-state index is 13.1. The summed E-state index contributed by atoms with van der Waals surface area (Å²) in [4.78, 5) is 49.6. The molecule has 4 rings (SSSR count). The van der Waals surface area contributed by atoms with Gasteiger partial charge in [0.15, 0.2) is 11.5 Å². The van der Waals surface area contributed by atoms with Crippen molar-refractivity contribution in [2.75, 3.05) is 44.3 Å². The van der Waals surface area contributed by atoms with Crippen LogP contribution in [-0.2, 0) is 11.3 Å². The number of amides is 1. The lowest BCUT2D eigenvalue weighted by Crippen LogP contribution is -2.49. The zero-order valence-corrected chi connectivity index (χ0v) is 21.6. The Morgan fingerprint density at radius 2 is 1.70 bits per heavy atom. The first-order valence-electron chi connectivity index (χ1n) is 13.0. The Kier molecular flexibility index (Phi) is 8.81. The monoisotopic (exact) mass is 509 g/mol. The second kappa shape index (κ2) is 12.4. The molecule has 2 aromatic heterocycles. The van der Waals surface area contributed by atoms with Crippen LogP contribution >= 0.6 is 0 Å². The number of nitrogens with zero attached hydrogens (tertiary/aromatic N) is 4. The molecule has 0 radical (unpaired) electrons. The second-order valence-electron chi connectivity index (χ2n) is 8.96. The number of unbranched alkanes of at least 4 members (excludes halogenated alkanes) is 2. The lowest BCUT2D eigenvalue weighted by atomic mass is 10.1. The normalized spacial score (nSPS) is 13.7. The first kappa shape index (κ1) is 26.2. The Hall–Kier alpha value is -3.82. The third-order valence-corrected chi connectivity index (χ3v) is 6.52. The average Bonchev–Trinajstić information content (AvgIpc) is 2.91. The lowest BCUT2D eigenvalue weighted by molar-refractivity contribution is -0.131. The van der Waals surface area contributed by atoms with E-state index in [1.807, 2.05) is 36.9 Å². The first-order valence-corrected chi connectivity index (χ1v) is 13.0. The van der Waals surface area contributed by atoms with Crippen molar-refractivity contribution in [2.45, 2.75) is 46.1 Å². The topological polar surface area (TPSA) is 110 Å². The highest BCUT2D eigenvalue weighted by molar-refractivity contribution is 5.81. The number of ether oxygens (including phenoxy) is 2. The maximum atomic E-state index is 13.1. The van der Waals surface area contributed by atoms with Crippen LogP contribution in [-0.4, -0.2) is 64.7 Å². The van der Waals surface area contributed by atoms with Crippen LogP contribution in [0.15, 0.2) is 46.1 Å². The number of pyridine rings is 1. The fourth-order valence-electron chi connectivity index (χ4n) is 4.61. The molecule has 1 aliphatic rings. The van der Waals surface area contributed by atoms with Crippen LogP contribution in [0.4, 0.5) is 5.82 Å². The summed E-state index contributed by atoms with van der Waals surface area (Å²) in [7, 11) is 0. The fraction of sp³-hybridized carbons (Fsp3) is 0.481. The summed E-state index contributed by atoms with van der Waals surface area (Å²) < 4.78 is 12.4. The molecule has 10 nitrogen and oxygen atoms in total. The quantitative estimate of drug-likeness (QED) is 0.396. The number of anilines is 1. The van der Waals surface area contributed by atoms with Crippen LogP contribution in [0.2, 0.25) is 0 Å². The van der Waals surface area contributed by atoms with Crippen molar-refractivity contribution < 1.29 is 14.3 Å². The minimum Gasteiger partial charge on any atom is -0.490 e. The van der Waals surface area contributed by atoms with Crippen molar-refractivity contribution in [3.63, 3.8) is 0 Å². The van der Waals surface area contributed by atoms with Crippen molar-refractivity contribution in [3.05, 3.63) is 57.4 Å². The molecule has 0 spiro atoms. The number of H-pyrrole nitrogens is 1. The van der Waals surface area contributed by atoms with Crippen LogP contribution in [0, 0.1) is 0 Å². The average molecular weight is 510 g/mol. The molecule has 1 saturated heterocycles. The predicted octanol–water partition coefficient (Wildman–Crippen LogP) is 2.79. The number of rotatable bonds is 11. The highest BCUT2D eigenvalue weighted by Gasteiger charge is 2.21. The van der Waals surface area contributed by atoms with Crippen LogP contribution in [0.5, 0.6) is 11.5 Å². The Balaban J connectivity index is 1.29. The molecule has 1 aromatic carbocycles. The Labute approximate surface area is 215 Å². The Bertz CT molecular complexity index is 1310. The third kappa shape index (κ3) is 6.31. The molecule has 1 N–H and O–H groups in total. The number of benzene rings is 1. The molecule has 3 aromatic rings. The van der Waals surface area contributed by atoms with E-state index in [-0.39, 0.29) is 18.0 Å². The van der Waals surface area contributed by atoms with Gasteiger partial charge in [0.1, 0.15) is 5.82 Å². The van der Waals surface area contributed by atoms with Crippen LogP contribution in [0.25, 0.3) is 10.9 Å². The highest BCUT2D eigenvalue weighted by Crippen LogP contribution is 2.30. The van der Waals surface area contributed by atoms with Crippen molar-refractivity contribution >= 4 is 22.6 Å². The molecule has 198 valence electrons. The smallest absolute Gasteiger partial charge is 0.328 e. The summed E-state index contributed by atoms with van der Waals surface area (Å²) in [5, 5.41) is 0.381. The summed E-state index contributed by atoms with van der Waals surface area (Å²) >= 11 is 0. The fourth-order valence-corrected chi connectivity index (χ4v) is 4.61. The van der Waals surface area contributed by atoms with Gasteiger partial charge in [-0.05, 0) is 44.9 Å². The Morgan fingerprint density at radius 1 is 0.973 bits per heavy atom. The second-order valence-corrected chi connectivity index (χ2v) is 8.96. The summed E-state index contributed by atoms with van der Waals surface area (Å²) in [5.74, 6) is 2.06. The number of piperazine rings is 1. The molecule has 0 saturated carbocycles. The molecule has 1 fully saturated rings. The standard InChI is InChI=1S/C27H35N5O5/c1-3-36-22-18-20-21(19-23(22)37-4-2)29-27(35)32(26(20)34)13-9-5-6-11-25(33)31-16-14-30(15-17-31)24-10-7-8-12-28-24/h7-8,10,12,18-19H,3-6,9,11,13-17H2,1-2H3,(H,29,35). The molecule has 0 unspecified atom stereocenters. The van der Waals surface area contributed by atoms with Gasteiger partial charge in [0.2, 0.25) is 5.91 Å². The van der Waals surface area contributed by atoms with E-state index in [1.54, 1.807) is 18.3 Å². The number of hydrogen-bond donors (Lipinski definition) is 1. The van der Waals surface area contributed by atoms with Crippen molar-refractivity contribution in [2.24, 2.45) is 0 Å². The van der Waals surface area contributed by atoms with E-state index in [9.17, 15) is 14.4 Å². The van der Waals surface area contributed by atoms with Gasteiger partial charge in [-0.2, -0.15) is 0 Å². The van der Waals surface area contributed by atoms with E-state index in [2.05, 4.69) is 14.9 Å². The molecule has 37 heavy (non-hydrogen) atoms. The molecule has 1 amide bonds. The molecule has 3 heterocycles. The van der Waals surface area contributed by atoms with Crippen LogP contribution in [0.1, 0.15) is 39.5 Å². The lowest BCUT2D eigenvalue weighted by Gasteiger charge is -2.35. The number of hydrogen-bond acceptors (Lipinski definition) is 7. The van der Waals surface area contributed by atoms with Crippen molar-refractivity contribution in [3.8, 4) is 11.5 Å². The van der Waals surface area contributed by atoms with E-state index in [1.165, 1.54) is 4.57 Å². The van der Waals surface area contributed by atoms with Crippen LogP contribution < -0.4 is 25.6 Å². The van der Waals surface area contributed by atoms with Gasteiger partial charge in [-0.3, -0.25) is 14.2 Å². The molecular weight excluding hydrogens is 474 g/mol. The highest BCUT2D eigenvalue weighted by atomic mass is 16.5. The van der Waals surface area contributed by atoms with Gasteiger partial charge < -0.3 is 24.3 Å². The number of carbonyl (C=O) groups is 1. The van der Waals surface area contributed by atoms with E-state index in [0.717, 1.165) is 25.3 Å². The predicted molar refractivity (Wildman–Crippen MR) is 143 cm³/mol. The SMILES string of the molecule is CCOc1cc2[nH]c(=O)n(CCCCCC(=O)N3CCN(c4ccccn4)CC3)c(=O)c2cc1OCC. The maximum Gasteiger partial charge on any atom is 0.328 e. The summed E-state index contributed by atoms with van der Waals surface area (Å²) in [6.45, 7) is 7.80. The number of fused-ring (bicyclic) bond motifs is 1. The number of nitrogens with one attached hydrogen (secondary N) is 1. The van der Waals surface area contributed by atoms with Gasteiger partial charge in [0.05, 0.1) is 24.1 Å². The number of aromatic amines is 1. The molecule has 10 heteroatoms. The summed E-state index contributed by atoms with van der Waals surface area (Å²) in [6, 6.07) is 9.12. The third-order valence-electron chi connectivity index (χ3n) is 6.52. The first-order chi connectivity index (χ1) is 18.0. The van der Waals surface area contributed by atoms with Crippen molar-refractivity contribution in [1.29, 1.82) is 0 Å².